The number of oxime groups is 1. The molecule has 2 heterocycles. The number of carbonyl (C=O) groups excluding carboxylic acids is 2. The molecule has 8 heteroatoms. The summed E-state index contributed by atoms with van der Waals surface area (Å²) in [7, 11) is 0. The molecule has 0 unspecified atom stereocenters. The van der Waals surface area contributed by atoms with Crippen LogP contribution in [0.15, 0.2) is 29.4 Å². The lowest BCUT2D eigenvalue weighted by Gasteiger charge is -2.08. The van der Waals surface area contributed by atoms with Gasteiger partial charge in [0.05, 0.1) is 5.71 Å². The summed E-state index contributed by atoms with van der Waals surface area (Å²) in [6.45, 7) is 8.01. The summed E-state index contributed by atoms with van der Waals surface area (Å²) >= 11 is 0. The van der Waals surface area contributed by atoms with Gasteiger partial charge in [0.15, 0.2) is 18.1 Å². The number of hydrogen-bond acceptors (Lipinski definition) is 7. The van der Waals surface area contributed by atoms with Crippen molar-refractivity contribution in [3.05, 3.63) is 46.8 Å². The topological polar surface area (TPSA) is 88.4 Å². The second-order valence-electron chi connectivity index (χ2n) is 7.04. The molecule has 0 saturated carbocycles. The van der Waals surface area contributed by atoms with Crippen molar-refractivity contribution >= 4 is 17.5 Å². The Hall–Kier alpha value is -3.29. The first kappa shape index (κ1) is 21.4. The SMILES string of the molecule is CCCn1c(C)cc(C(=O)COC(=O)CO/N=C(\C)c2ccc3c(c2)OCO3)c1C. The summed E-state index contributed by atoms with van der Waals surface area (Å²) in [5, 5.41) is 3.93. The Morgan fingerprint density at radius 3 is 2.67 bits per heavy atom. The molecule has 160 valence electrons. The van der Waals surface area contributed by atoms with Crippen molar-refractivity contribution in [1.82, 2.24) is 4.57 Å². The van der Waals surface area contributed by atoms with Gasteiger partial charge < -0.3 is 23.6 Å². The average molecular weight is 414 g/mol. The Morgan fingerprint density at radius 1 is 1.13 bits per heavy atom. The molecule has 0 aliphatic carbocycles. The molecule has 2 aromatic rings. The second-order valence-corrected chi connectivity index (χ2v) is 7.04. The monoisotopic (exact) mass is 414 g/mol. The van der Waals surface area contributed by atoms with Crippen LogP contribution < -0.4 is 9.47 Å². The zero-order valence-electron chi connectivity index (χ0n) is 17.7. The molecule has 0 amide bonds. The van der Waals surface area contributed by atoms with Gasteiger partial charge in [0.2, 0.25) is 19.2 Å². The van der Waals surface area contributed by atoms with Crippen LogP contribution >= 0.6 is 0 Å². The number of aromatic nitrogens is 1. The van der Waals surface area contributed by atoms with Gasteiger partial charge in [0.1, 0.15) is 0 Å². The molecule has 1 aromatic heterocycles. The maximum Gasteiger partial charge on any atom is 0.347 e. The van der Waals surface area contributed by atoms with Crippen LogP contribution in [0.2, 0.25) is 0 Å². The van der Waals surface area contributed by atoms with E-state index < -0.39 is 5.97 Å². The van der Waals surface area contributed by atoms with Crippen LogP contribution in [0, 0.1) is 13.8 Å². The van der Waals surface area contributed by atoms with E-state index in [0.717, 1.165) is 29.9 Å². The lowest BCUT2D eigenvalue weighted by molar-refractivity contribution is -0.147. The highest BCUT2D eigenvalue weighted by molar-refractivity contribution is 5.99. The molecule has 0 radical (unpaired) electrons. The number of benzene rings is 1. The molecule has 1 aromatic carbocycles. The third-order valence-corrected chi connectivity index (χ3v) is 4.86. The largest absolute Gasteiger partial charge is 0.455 e. The summed E-state index contributed by atoms with van der Waals surface area (Å²) in [5.74, 6) is 0.418. The number of nitrogens with zero attached hydrogens (tertiary/aromatic N) is 2. The first-order valence-corrected chi connectivity index (χ1v) is 9.82. The van der Waals surface area contributed by atoms with Gasteiger partial charge in [-0.05, 0) is 51.5 Å². The van der Waals surface area contributed by atoms with E-state index in [1.54, 1.807) is 19.1 Å². The number of carbonyl (C=O) groups is 2. The van der Waals surface area contributed by atoms with E-state index in [-0.39, 0.29) is 25.8 Å². The highest BCUT2D eigenvalue weighted by Gasteiger charge is 2.17. The number of aryl methyl sites for hydroxylation is 1. The van der Waals surface area contributed by atoms with Crippen molar-refractivity contribution in [3.8, 4) is 11.5 Å². The lowest BCUT2D eigenvalue weighted by atomic mass is 10.1. The Labute approximate surface area is 175 Å². The minimum atomic E-state index is -0.659. The van der Waals surface area contributed by atoms with Gasteiger partial charge in [-0.2, -0.15) is 0 Å². The lowest BCUT2D eigenvalue weighted by Crippen LogP contribution is -2.18. The van der Waals surface area contributed by atoms with Crippen molar-refractivity contribution in [2.45, 2.75) is 40.7 Å². The van der Waals surface area contributed by atoms with E-state index in [2.05, 4.69) is 16.6 Å². The molecule has 0 N–H and O–H groups in total. The minimum absolute atomic E-state index is 0.193. The molecular formula is C22H26N2O6. The Kier molecular flexibility index (Phi) is 6.76. The van der Waals surface area contributed by atoms with Crippen molar-refractivity contribution in [1.29, 1.82) is 0 Å². The zero-order valence-corrected chi connectivity index (χ0v) is 17.7. The first-order valence-electron chi connectivity index (χ1n) is 9.82. The van der Waals surface area contributed by atoms with Crippen molar-refractivity contribution < 1.29 is 28.6 Å². The number of fused-ring (bicyclic) bond motifs is 1. The van der Waals surface area contributed by atoms with Gasteiger partial charge >= 0.3 is 5.97 Å². The van der Waals surface area contributed by atoms with Crippen LogP contribution in [0.4, 0.5) is 0 Å². The van der Waals surface area contributed by atoms with E-state index >= 15 is 0 Å². The van der Waals surface area contributed by atoms with Crippen LogP contribution in [0.5, 0.6) is 11.5 Å². The number of ketones is 1. The minimum Gasteiger partial charge on any atom is -0.455 e. The van der Waals surface area contributed by atoms with Gasteiger partial charge in [-0.3, -0.25) is 4.79 Å². The smallest absolute Gasteiger partial charge is 0.347 e. The molecule has 0 atom stereocenters. The van der Waals surface area contributed by atoms with Crippen molar-refractivity contribution in [3.63, 3.8) is 0 Å². The van der Waals surface area contributed by atoms with Gasteiger partial charge in [0.25, 0.3) is 0 Å². The molecule has 3 rings (SSSR count). The fourth-order valence-corrected chi connectivity index (χ4v) is 3.27. The highest BCUT2D eigenvalue weighted by Crippen LogP contribution is 2.32. The Balaban J connectivity index is 1.48. The number of Topliss-reactive ketones (excluding diaryl/α,β-unsaturated/α-hetero) is 1. The molecule has 8 nitrogen and oxygen atoms in total. The average Bonchev–Trinajstić information content (AvgIpc) is 3.31. The summed E-state index contributed by atoms with van der Waals surface area (Å²) in [5.41, 5.74) is 3.83. The fourth-order valence-electron chi connectivity index (χ4n) is 3.27. The van der Waals surface area contributed by atoms with Gasteiger partial charge in [0, 0.05) is 29.1 Å². The second kappa shape index (κ2) is 9.47. The summed E-state index contributed by atoms with van der Waals surface area (Å²) in [6.07, 6.45) is 0.975. The van der Waals surface area contributed by atoms with Crippen LogP contribution in [-0.4, -0.2) is 42.0 Å². The predicted octanol–water partition coefficient (Wildman–Crippen LogP) is 3.41. The van der Waals surface area contributed by atoms with Crippen LogP contribution in [-0.2, 0) is 20.9 Å². The maximum absolute atomic E-state index is 12.4. The number of rotatable bonds is 9. The molecule has 0 fully saturated rings. The van der Waals surface area contributed by atoms with Crippen LogP contribution in [0.25, 0.3) is 0 Å². The van der Waals surface area contributed by atoms with Crippen LogP contribution in [0.3, 0.4) is 0 Å². The van der Waals surface area contributed by atoms with Crippen LogP contribution in [0.1, 0.15) is 47.6 Å². The van der Waals surface area contributed by atoms with Gasteiger partial charge in [-0.25, -0.2) is 4.79 Å². The summed E-state index contributed by atoms with van der Waals surface area (Å²) < 4.78 is 17.7. The normalized spacial score (nSPS) is 12.7. The number of ether oxygens (including phenoxy) is 3. The number of esters is 1. The molecule has 1 aliphatic heterocycles. The van der Waals surface area contributed by atoms with E-state index in [1.165, 1.54) is 0 Å². The molecule has 0 bridgehead atoms. The Morgan fingerprint density at radius 2 is 1.90 bits per heavy atom. The molecule has 1 aliphatic rings. The quantitative estimate of drug-likeness (QED) is 0.270. The van der Waals surface area contributed by atoms with E-state index in [0.29, 0.717) is 22.8 Å². The van der Waals surface area contributed by atoms with Crippen molar-refractivity contribution in [2.24, 2.45) is 5.16 Å². The van der Waals surface area contributed by atoms with E-state index in [1.807, 2.05) is 26.0 Å². The fraction of sp³-hybridized carbons (Fsp3) is 0.409. The van der Waals surface area contributed by atoms with E-state index in [4.69, 9.17) is 19.0 Å². The van der Waals surface area contributed by atoms with Crippen molar-refractivity contribution in [2.75, 3.05) is 20.0 Å². The Bertz CT molecular complexity index is 976. The van der Waals surface area contributed by atoms with E-state index in [9.17, 15) is 9.59 Å². The summed E-state index contributed by atoms with van der Waals surface area (Å²) in [4.78, 5) is 29.4. The molecule has 0 saturated heterocycles. The molecule has 30 heavy (non-hydrogen) atoms. The number of hydrogen-bond donors (Lipinski definition) is 0. The maximum atomic E-state index is 12.4. The molecular weight excluding hydrogens is 388 g/mol. The standard InChI is InChI=1S/C22H26N2O6/c1-5-8-24-14(2)9-18(16(24)4)19(25)11-27-22(26)12-30-23-15(3)17-6-7-20-21(10-17)29-13-28-20/h6-7,9-10H,5,8,11-13H2,1-4H3/b23-15+. The zero-order chi connectivity index (χ0) is 21.7. The highest BCUT2D eigenvalue weighted by atomic mass is 16.7. The van der Waals surface area contributed by atoms with Gasteiger partial charge in [-0.1, -0.05) is 12.1 Å². The third kappa shape index (κ3) is 4.82. The first-order chi connectivity index (χ1) is 14.4. The third-order valence-electron chi connectivity index (χ3n) is 4.86. The van der Waals surface area contributed by atoms with Gasteiger partial charge in [-0.15, -0.1) is 0 Å². The predicted molar refractivity (Wildman–Crippen MR) is 110 cm³/mol. The summed E-state index contributed by atoms with van der Waals surface area (Å²) in [6, 6.07) is 7.23. The molecule has 0 spiro atoms.